The summed E-state index contributed by atoms with van der Waals surface area (Å²) in [6.07, 6.45) is 0. The number of non-ortho nitro benzene ring substituents is 1. The summed E-state index contributed by atoms with van der Waals surface area (Å²) in [5, 5.41) is 23.4. The molecular formula is C13H15N5O2S2. The monoisotopic (exact) mass is 337 g/mol. The van der Waals surface area contributed by atoms with E-state index < -0.39 is 0 Å². The number of aromatic nitrogens is 2. The Balaban J connectivity index is 1.57. The lowest BCUT2D eigenvalue weighted by Crippen LogP contribution is -2.43. The number of thioether (sulfide) groups is 1. The maximum Gasteiger partial charge on any atom is 0.269 e. The first-order valence-electron chi connectivity index (χ1n) is 6.88. The third kappa shape index (κ3) is 3.73. The summed E-state index contributed by atoms with van der Waals surface area (Å²) in [6.45, 7) is 3.87. The van der Waals surface area contributed by atoms with E-state index in [1.165, 1.54) is 12.1 Å². The van der Waals surface area contributed by atoms with Crippen LogP contribution in [0.25, 0.3) is 0 Å². The second-order valence-corrected chi connectivity index (χ2v) is 6.98. The zero-order valence-electron chi connectivity index (χ0n) is 11.8. The molecule has 2 aromatic rings. The van der Waals surface area contributed by atoms with Gasteiger partial charge in [-0.05, 0) is 5.56 Å². The van der Waals surface area contributed by atoms with Crippen LogP contribution in [0, 0.1) is 10.1 Å². The molecule has 3 rings (SSSR count). The van der Waals surface area contributed by atoms with Crippen molar-refractivity contribution in [2.75, 3.05) is 31.1 Å². The fourth-order valence-electron chi connectivity index (χ4n) is 2.10. The van der Waals surface area contributed by atoms with Gasteiger partial charge in [0, 0.05) is 44.1 Å². The topological polar surface area (TPSA) is 84.2 Å². The molecule has 1 fully saturated rings. The quantitative estimate of drug-likeness (QED) is 0.508. The predicted molar refractivity (Wildman–Crippen MR) is 87.6 cm³/mol. The Morgan fingerprint density at radius 1 is 1.27 bits per heavy atom. The van der Waals surface area contributed by atoms with E-state index in [1.807, 2.05) is 0 Å². The molecule has 0 radical (unpaired) electrons. The van der Waals surface area contributed by atoms with Crippen LogP contribution in [0.1, 0.15) is 5.56 Å². The molecule has 0 saturated carbocycles. The maximum atomic E-state index is 10.6. The van der Waals surface area contributed by atoms with Crippen LogP contribution in [0.4, 0.5) is 10.8 Å². The molecule has 0 unspecified atom stereocenters. The van der Waals surface area contributed by atoms with Crippen LogP contribution in [0.2, 0.25) is 0 Å². The summed E-state index contributed by atoms with van der Waals surface area (Å²) in [5.41, 5.74) is 1.15. The first kappa shape index (κ1) is 15.2. The molecule has 116 valence electrons. The molecule has 1 aliphatic rings. The average molecular weight is 337 g/mol. The van der Waals surface area contributed by atoms with E-state index in [0.717, 1.165) is 47.0 Å². The number of anilines is 1. The van der Waals surface area contributed by atoms with Gasteiger partial charge in [-0.1, -0.05) is 35.2 Å². The van der Waals surface area contributed by atoms with Gasteiger partial charge in [-0.3, -0.25) is 10.1 Å². The average Bonchev–Trinajstić information content (AvgIpc) is 3.03. The van der Waals surface area contributed by atoms with Crippen molar-refractivity contribution in [2.45, 2.75) is 10.1 Å². The molecule has 1 N–H and O–H groups in total. The standard InChI is InChI=1S/C13H15N5O2S2/c19-18(20)11-3-1-10(2-4-11)9-21-13-16-15-12(22-13)17-7-5-14-6-8-17/h1-4,14H,5-9H2. The second-order valence-electron chi connectivity index (χ2n) is 4.80. The van der Waals surface area contributed by atoms with Crippen molar-refractivity contribution in [2.24, 2.45) is 0 Å². The summed E-state index contributed by atoms with van der Waals surface area (Å²) in [7, 11) is 0. The highest BCUT2D eigenvalue weighted by atomic mass is 32.2. The second kappa shape index (κ2) is 7.03. The highest BCUT2D eigenvalue weighted by Gasteiger charge is 2.15. The van der Waals surface area contributed by atoms with Crippen LogP contribution < -0.4 is 10.2 Å². The molecule has 1 saturated heterocycles. The minimum Gasteiger partial charge on any atom is -0.344 e. The molecular weight excluding hydrogens is 322 g/mol. The fraction of sp³-hybridized carbons (Fsp3) is 0.385. The number of hydrogen-bond donors (Lipinski definition) is 1. The van der Waals surface area contributed by atoms with Crippen LogP contribution in [-0.4, -0.2) is 41.3 Å². The zero-order chi connectivity index (χ0) is 15.4. The lowest BCUT2D eigenvalue weighted by Gasteiger charge is -2.26. The van der Waals surface area contributed by atoms with Gasteiger partial charge in [-0.2, -0.15) is 0 Å². The van der Waals surface area contributed by atoms with Gasteiger partial charge in [0.1, 0.15) is 0 Å². The first-order valence-corrected chi connectivity index (χ1v) is 8.68. The van der Waals surface area contributed by atoms with Crippen molar-refractivity contribution >= 4 is 33.9 Å². The molecule has 1 aliphatic heterocycles. The number of nitrogens with zero attached hydrogens (tertiary/aromatic N) is 4. The number of benzene rings is 1. The van der Waals surface area contributed by atoms with E-state index >= 15 is 0 Å². The van der Waals surface area contributed by atoms with Crippen molar-refractivity contribution in [1.29, 1.82) is 0 Å². The molecule has 2 heterocycles. The van der Waals surface area contributed by atoms with Crippen LogP contribution in [0.5, 0.6) is 0 Å². The van der Waals surface area contributed by atoms with E-state index in [4.69, 9.17) is 0 Å². The molecule has 1 aromatic carbocycles. The number of nitrogens with one attached hydrogen (secondary N) is 1. The lowest BCUT2D eigenvalue weighted by atomic mass is 10.2. The van der Waals surface area contributed by atoms with Crippen molar-refractivity contribution in [1.82, 2.24) is 15.5 Å². The Kier molecular flexibility index (Phi) is 4.86. The number of nitro benzene ring substituents is 1. The molecule has 9 heteroatoms. The molecule has 0 atom stereocenters. The summed E-state index contributed by atoms with van der Waals surface area (Å²) < 4.78 is 0.923. The van der Waals surface area contributed by atoms with E-state index in [9.17, 15) is 10.1 Å². The van der Waals surface area contributed by atoms with Crippen LogP contribution in [0.15, 0.2) is 28.6 Å². The minimum atomic E-state index is -0.387. The van der Waals surface area contributed by atoms with Gasteiger partial charge < -0.3 is 10.2 Å². The van der Waals surface area contributed by atoms with Gasteiger partial charge in [0.15, 0.2) is 4.34 Å². The van der Waals surface area contributed by atoms with E-state index in [0.29, 0.717) is 0 Å². The van der Waals surface area contributed by atoms with Gasteiger partial charge in [-0.25, -0.2) is 0 Å². The summed E-state index contributed by atoms with van der Waals surface area (Å²) in [4.78, 5) is 12.5. The van der Waals surface area contributed by atoms with E-state index in [-0.39, 0.29) is 10.6 Å². The van der Waals surface area contributed by atoms with Crippen LogP contribution in [-0.2, 0) is 5.75 Å². The Labute approximate surface area is 135 Å². The first-order chi connectivity index (χ1) is 10.7. The van der Waals surface area contributed by atoms with Crippen molar-refractivity contribution in [3.63, 3.8) is 0 Å². The summed E-state index contributed by atoms with van der Waals surface area (Å²) >= 11 is 3.20. The van der Waals surface area contributed by atoms with E-state index in [2.05, 4.69) is 20.4 Å². The van der Waals surface area contributed by atoms with Gasteiger partial charge >= 0.3 is 0 Å². The Morgan fingerprint density at radius 2 is 2.00 bits per heavy atom. The van der Waals surface area contributed by atoms with Crippen LogP contribution >= 0.6 is 23.1 Å². The number of rotatable bonds is 5. The van der Waals surface area contributed by atoms with Gasteiger partial charge in [0.2, 0.25) is 5.13 Å². The van der Waals surface area contributed by atoms with Crippen molar-refractivity contribution in [3.8, 4) is 0 Å². The summed E-state index contributed by atoms with van der Waals surface area (Å²) in [5.74, 6) is 0.730. The van der Waals surface area contributed by atoms with Gasteiger partial charge in [0.05, 0.1) is 4.92 Å². The molecule has 7 nitrogen and oxygen atoms in total. The number of piperazine rings is 1. The third-order valence-electron chi connectivity index (χ3n) is 3.29. The maximum absolute atomic E-state index is 10.6. The zero-order valence-corrected chi connectivity index (χ0v) is 13.4. The normalized spacial score (nSPS) is 15.0. The Morgan fingerprint density at radius 3 is 2.68 bits per heavy atom. The Hall–Kier alpha value is -1.71. The van der Waals surface area contributed by atoms with Crippen molar-refractivity contribution in [3.05, 3.63) is 39.9 Å². The summed E-state index contributed by atoms with van der Waals surface area (Å²) in [6, 6.07) is 6.62. The van der Waals surface area contributed by atoms with E-state index in [1.54, 1.807) is 35.2 Å². The smallest absolute Gasteiger partial charge is 0.269 e. The SMILES string of the molecule is O=[N+]([O-])c1ccc(CSc2nnc(N3CCNCC3)s2)cc1. The molecule has 0 spiro atoms. The number of nitro groups is 1. The number of hydrogen-bond acceptors (Lipinski definition) is 8. The molecule has 0 amide bonds. The largest absolute Gasteiger partial charge is 0.344 e. The highest BCUT2D eigenvalue weighted by molar-refractivity contribution is 8.00. The fourth-order valence-corrected chi connectivity index (χ4v) is 3.95. The molecule has 22 heavy (non-hydrogen) atoms. The van der Waals surface area contributed by atoms with Crippen molar-refractivity contribution < 1.29 is 4.92 Å². The molecule has 0 bridgehead atoms. The lowest BCUT2D eigenvalue weighted by molar-refractivity contribution is -0.384. The highest BCUT2D eigenvalue weighted by Crippen LogP contribution is 2.30. The van der Waals surface area contributed by atoms with Gasteiger partial charge in [-0.15, -0.1) is 10.2 Å². The third-order valence-corrected chi connectivity index (χ3v) is 5.48. The van der Waals surface area contributed by atoms with Gasteiger partial charge in [0.25, 0.3) is 5.69 Å². The Bertz CT molecular complexity index is 640. The minimum absolute atomic E-state index is 0.116. The van der Waals surface area contributed by atoms with Crippen LogP contribution in [0.3, 0.4) is 0 Å². The molecule has 1 aromatic heterocycles. The molecule has 0 aliphatic carbocycles. The predicted octanol–water partition coefficient (Wildman–Crippen LogP) is 2.15.